The summed E-state index contributed by atoms with van der Waals surface area (Å²) in [7, 11) is 1.49. The van der Waals surface area contributed by atoms with Gasteiger partial charge in [-0.3, -0.25) is 9.59 Å². The van der Waals surface area contributed by atoms with E-state index in [0.717, 1.165) is 38.5 Å². The molecule has 2 aliphatic rings. The Bertz CT molecular complexity index is 1300. The Morgan fingerprint density at radius 3 is 2.51 bits per heavy atom. The zero-order chi connectivity index (χ0) is 25.9. The van der Waals surface area contributed by atoms with Crippen molar-refractivity contribution in [3.05, 3.63) is 41.6 Å². The van der Waals surface area contributed by atoms with E-state index >= 15 is 0 Å². The van der Waals surface area contributed by atoms with E-state index in [0.29, 0.717) is 51.8 Å². The third-order valence-electron chi connectivity index (χ3n) is 7.07. The van der Waals surface area contributed by atoms with Gasteiger partial charge in [-0.1, -0.05) is 0 Å². The molecule has 10 heteroatoms. The van der Waals surface area contributed by atoms with E-state index in [2.05, 4.69) is 25.6 Å². The summed E-state index contributed by atoms with van der Waals surface area (Å²) in [5.41, 5.74) is 3.17. The highest BCUT2D eigenvalue weighted by molar-refractivity contribution is 6.09. The number of aryl methyl sites for hydroxylation is 1. The van der Waals surface area contributed by atoms with Crippen LogP contribution in [0.1, 0.15) is 54.6 Å². The van der Waals surface area contributed by atoms with Gasteiger partial charge in [0.15, 0.2) is 0 Å². The van der Waals surface area contributed by atoms with Crippen LogP contribution < -0.4 is 15.4 Å². The molecule has 2 saturated carbocycles. The van der Waals surface area contributed by atoms with Crippen LogP contribution in [-0.2, 0) is 9.53 Å². The normalized spacial score (nSPS) is 19.5. The monoisotopic (exact) mass is 509 g/mol. The predicted molar refractivity (Wildman–Crippen MR) is 136 cm³/mol. The Morgan fingerprint density at radius 1 is 1.08 bits per heavy atom. The smallest absolute Gasteiger partial charge is 0.255 e. The SMILES string of the molecule is COCC(=O)NC1CCC(NC(=O)c2c(C)[nH]c3c(-c4cc(F)ccc4OCC4CC4)ncnc23)CC1. The van der Waals surface area contributed by atoms with Crippen molar-refractivity contribution in [2.45, 2.75) is 57.5 Å². The number of rotatable bonds is 9. The summed E-state index contributed by atoms with van der Waals surface area (Å²) < 4.78 is 25.1. The van der Waals surface area contributed by atoms with Crippen molar-refractivity contribution in [1.82, 2.24) is 25.6 Å². The summed E-state index contributed by atoms with van der Waals surface area (Å²) in [5.74, 6) is 0.365. The van der Waals surface area contributed by atoms with Crippen LogP contribution in [0.15, 0.2) is 24.5 Å². The number of benzene rings is 1. The first kappa shape index (κ1) is 25.1. The summed E-state index contributed by atoms with van der Waals surface area (Å²) in [6.45, 7) is 2.45. The van der Waals surface area contributed by atoms with Gasteiger partial charge < -0.3 is 25.1 Å². The average molecular weight is 510 g/mol. The van der Waals surface area contributed by atoms with Gasteiger partial charge in [0.2, 0.25) is 5.91 Å². The van der Waals surface area contributed by atoms with Crippen molar-refractivity contribution >= 4 is 22.8 Å². The first-order chi connectivity index (χ1) is 17.9. The molecule has 0 saturated heterocycles. The molecule has 3 N–H and O–H groups in total. The predicted octanol–water partition coefficient (Wildman–Crippen LogP) is 3.66. The van der Waals surface area contributed by atoms with Gasteiger partial charge in [0.25, 0.3) is 5.91 Å². The van der Waals surface area contributed by atoms with Crippen molar-refractivity contribution in [3.8, 4) is 17.0 Å². The number of nitrogens with zero attached hydrogens (tertiary/aromatic N) is 2. The number of carbonyl (C=O) groups excluding carboxylic acids is 2. The molecule has 9 nitrogen and oxygen atoms in total. The van der Waals surface area contributed by atoms with Crippen molar-refractivity contribution in [2.75, 3.05) is 20.3 Å². The highest BCUT2D eigenvalue weighted by Gasteiger charge is 2.27. The maximum atomic E-state index is 14.3. The molecule has 1 aromatic carbocycles. The fraction of sp³-hybridized carbons (Fsp3) is 0.481. The molecular formula is C27H32FN5O4. The lowest BCUT2D eigenvalue weighted by Gasteiger charge is -2.29. The molecular weight excluding hydrogens is 477 g/mol. The fourth-order valence-electron chi connectivity index (χ4n) is 4.95. The van der Waals surface area contributed by atoms with E-state index < -0.39 is 5.82 Å². The van der Waals surface area contributed by atoms with Crippen LogP contribution in [-0.4, -0.2) is 59.2 Å². The zero-order valence-electron chi connectivity index (χ0n) is 21.1. The molecule has 2 aliphatic carbocycles. The summed E-state index contributed by atoms with van der Waals surface area (Å²) in [4.78, 5) is 37.2. The van der Waals surface area contributed by atoms with Crippen LogP contribution in [0.2, 0.25) is 0 Å². The lowest BCUT2D eigenvalue weighted by atomic mass is 9.91. The number of H-pyrrole nitrogens is 1. The van der Waals surface area contributed by atoms with Crippen molar-refractivity contribution in [2.24, 2.45) is 5.92 Å². The zero-order valence-corrected chi connectivity index (χ0v) is 21.1. The van der Waals surface area contributed by atoms with Crippen LogP contribution in [0.3, 0.4) is 0 Å². The van der Waals surface area contributed by atoms with Crippen LogP contribution in [0.4, 0.5) is 4.39 Å². The second-order valence-corrected chi connectivity index (χ2v) is 9.99. The molecule has 2 aromatic heterocycles. The number of carbonyl (C=O) groups is 2. The number of nitrogens with one attached hydrogen (secondary N) is 3. The first-order valence-electron chi connectivity index (χ1n) is 12.8. The molecule has 2 amide bonds. The van der Waals surface area contributed by atoms with Crippen LogP contribution in [0, 0.1) is 18.7 Å². The number of hydrogen-bond acceptors (Lipinski definition) is 6. The van der Waals surface area contributed by atoms with Crippen molar-refractivity contribution in [3.63, 3.8) is 0 Å². The van der Waals surface area contributed by atoms with Crippen LogP contribution in [0.25, 0.3) is 22.3 Å². The molecule has 0 radical (unpaired) electrons. The number of ether oxygens (including phenoxy) is 2. The molecule has 37 heavy (non-hydrogen) atoms. The second-order valence-electron chi connectivity index (χ2n) is 9.99. The van der Waals surface area contributed by atoms with Crippen LogP contribution >= 0.6 is 0 Å². The molecule has 0 unspecified atom stereocenters. The van der Waals surface area contributed by atoms with E-state index in [1.807, 2.05) is 6.92 Å². The van der Waals surface area contributed by atoms with Gasteiger partial charge in [0.1, 0.15) is 35.7 Å². The number of aromatic amines is 1. The highest BCUT2D eigenvalue weighted by Crippen LogP contribution is 2.37. The third kappa shape index (κ3) is 5.74. The van der Waals surface area contributed by atoms with Gasteiger partial charge in [-0.25, -0.2) is 14.4 Å². The standard InChI is InChI=1S/C27H32FN5O4/c1-15-23(27(35)33-19-8-6-18(7-9-19)32-22(34)13-36-2)25-26(31-15)24(29-14-30-25)20-11-17(28)5-10-21(20)37-12-16-3-4-16/h5,10-11,14,16,18-19,31H,3-4,6-9,12-13H2,1-2H3,(H,32,34)(H,33,35). The number of fused-ring (bicyclic) bond motifs is 1. The summed E-state index contributed by atoms with van der Waals surface area (Å²) >= 11 is 0. The summed E-state index contributed by atoms with van der Waals surface area (Å²) in [5, 5.41) is 6.10. The Morgan fingerprint density at radius 2 is 1.81 bits per heavy atom. The largest absolute Gasteiger partial charge is 0.493 e. The van der Waals surface area contributed by atoms with E-state index in [1.54, 1.807) is 6.07 Å². The lowest BCUT2D eigenvalue weighted by molar-refractivity contribution is -0.125. The van der Waals surface area contributed by atoms with Crippen molar-refractivity contribution < 1.29 is 23.5 Å². The molecule has 196 valence electrons. The van der Waals surface area contributed by atoms with E-state index in [4.69, 9.17) is 9.47 Å². The Hall–Kier alpha value is -3.53. The van der Waals surface area contributed by atoms with Gasteiger partial charge >= 0.3 is 0 Å². The molecule has 0 bridgehead atoms. The first-order valence-corrected chi connectivity index (χ1v) is 12.8. The quantitative estimate of drug-likeness (QED) is 0.405. The van der Waals surface area contributed by atoms with E-state index in [9.17, 15) is 14.0 Å². The van der Waals surface area contributed by atoms with Gasteiger partial charge in [-0.2, -0.15) is 0 Å². The van der Waals surface area contributed by atoms with E-state index in [1.165, 1.54) is 25.6 Å². The van der Waals surface area contributed by atoms with E-state index in [-0.39, 0.29) is 30.5 Å². The maximum absolute atomic E-state index is 14.3. The lowest BCUT2D eigenvalue weighted by Crippen LogP contribution is -2.44. The van der Waals surface area contributed by atoms with Gasteiger partial charge in [0.05, 0.1) is 17.7 Å². The topological polar surface area (TPSA) is 118 Å². The number of methoxy groups -OCH3 is 1. The Kier molecular flexibility index (Phi) is 7.36. The fourth-order valence-corrected chi connectivity index (χ4v) is 4.95. The summed E-state index contributed by atoms with van der Waals surface area (Å²) in [6.07, 6.45) is 6.77. The molecule has 0 spiro atoms. The van der Waals surface area contributed by atoms with Gasteiger partial charge in [0, 0.05) is 30.5 Å². The second kappa shape index (κ2) is 10.8. The number of halogens is 1. The number of hydrogen-bond donors (Lipinski definition) is 3. The van der Waals surface area contributed by atoms with Gasteiger partial charge in [-0.05, 0) is 69.6 Å². The maximum Gasteiger partial charge on any atom is 0.255 e. The Labute approximate surface area is 214 Å². The molecule has 0 atom stereocenters. The number of amides is 2. The van der Waals surface area contributed by atoms with Crippen LogP contribution in [0.5, 0.6) is 5.75 Å². The van der Waals surface area contributed by atoms with Crippen molar-refractivity contribution in [1.29, 1.82) is 0 Å². The molecule has 2 heterocycles. The summed E-state index contributed by atoms with van der Waals surface area (Å²) in [6, 6.07) is 4.49. The molecule has 3 aromatic rings. The Balaban J connectivity index is 1.34. The molecule has 5 rings (SSSR count). The molecule has 0 aliphatic heterocycles. The minimum Gasteiger partial charge on any atom is -0.493 e. The van der Waals surface area contributed by atoms with Gasteiger partial charge in [-0.15, -0.1) is 0 Å². The third-order valence-corrected chi connectivity index (χ3v) is 7.07. The molecule has 2 fully saturated rings. The number of aromatic nitrogens is 3. The minimum absolute atomic E-state index is 0.000573. The minimum atomic E-state index is -0.393. The average Bonchev–Trinajstić information content (AvgIpc) is 3.64. The highest BCUT2D eigenvalue weighted by atomic mass is 19.1.